The van der Waals surface area contributed by atoms with Crippen LogP contribution in [0.4, 0.5) is 4.79 Å². The van der Waals surface area contributed by atoms with Crippen LogP contribution < -0.4 is 5.32 Å². The van der Waals surface area contributed by atoms with Crippen molar-refractivity contribution in [3.05, 3.63) is 12.2 Å². The molecular formula is C54H100N2O10. The van der Waals surface area contributed by atoms with Gasteiger partial charge in [-0.15, -0.1) is 0 Å². The van der Waals surface area contributed by atoms with Gasteiger partial charge in [-0.3, -0.25) is 19.2 Å². The number of hydrogen-bond acceptors (Lipinski definition) is 11. The zero-order chi connectivity index (χ0) is 48.7. The summed E-state index contributed by atoms with van der Waals surface area (Å²) >= 11 is 0. The minimum Gasteiger partial charge on any atom is -0.462 e. The van der Waals surface area contributed by atoms with E-state index in [1.807, 2.05) is 13.8 Å². The largest absolute Gasteiger partial charge is 0.462 e. The molecule has 0 aliphatic carbocycles. The molecule has 0 fully saturated rings. The highest BCUT2D eigenvalue weighted by atomic mass is 16.6. The smallest absolute Gasteiger partial charge is 0.407 e. The summed E-state index contributed by atoms with van der Waals surface area (Å²) in [5.41, 5.74) is 0. The van der Waals surface area contributed by atoms with Crippen molar-refractivity contribution in [2.24, 2.45) is 0 Å². The number of amides is 1. The summed E-state index contributed by atoms with van der Waals surface area (Å²) in [7, 11) is 0. The lowest BCUT2D eigenvalue weighted by Gasteiger charge is -2.20. The van der Waals surface area contributed by atoms with Gasteiger partial charge in [0.15, 0.2) is 6.10 Å². The van der Waals surface area contributed by atoms with Gasteiger partial charge in [0.2, 0.25) is 0 Å². The second-order valence-electron chi connectivity index (χ2n) is 18.1. The summed E-state index contributed by atoms with van der Waals surface area (Å²) in [4.78, 5) is 66.2. The van der Waals surface area contributed by atoms with Crippen molar-refractivity contribution in [2.45, 2.75) is 265 Å². The molecule has 386 valence electrons. The molecule has 0 saturated heterocycles. The molecule has 0 aliphatic rings. The number of nitrogens with zero attached hydrogens (tertiary/aromatic N) is 1. The second-order valence-corrected chi connectivity index (χ2v) is 18.1. The van der Waals surface area contributed by atoms with Gasteiger partial charge in [-0.05, 0) is 96.6 Å². The Morgan fingerprint density at radius 2 is 0.833 bits per heavy atom. The number of ether oxygens (including phenoxy) is 5. The highest BCUT2D eigenvalue weighted by Gasteiger charge is 2.21. The number of unbranched alkanes of at least 4 members (excludes halogenated alkanes) is 17. The minimum atomic E-state index is -1.05. The number of hydrogen-bond donors (Lipinski definition) is 1. The lowest BCUT2D eigenvalue weighted by Crippen LogP contribution is -2.39. The molecule has 2 atom stereocenters. The van der Waals surface area contributed by atoms with Gasteiger partial charge in [0.1, 0.15) is 25.4 Å². The molecule has 0 heterocycles. The first-order valence-electron chi connectivity index (χ1n) is 27.1. The molecule has 0 rings (SSSR count). The highest BCUT2D eigenvalue weighted by Crippen LogP contribution is 2.20. The maximum atomic E-state index is 12.9. The molecule has 0 aromatic heterocycles. The molecule has 0 radical (unpaired) electrons. The molecule has 0 aromatic carbocycles. The molecule has 0 spiro atoms. The van der Waals surface area contributed by atoms with Gasteiger partial charge < -0.3 is 33.9 Å². The first-order chi connectivity index (χ1) is 32.1. The van der Waals surface area contributed by atoms with Crippen LogP contribution in [-0.2, 0) is 42.9 Å². The number of allylic oxidation sites excluding steroid dienone is 2. The summed E-state index contributed by atoms with van der Waals surface area (Å²) in [6.07, 6.45) is 31.9. The number of likely N-dealkylation sites (N-methyl/N-ethyl adjacent to an activating group) is 1. The number of carbonyl (C=O) groups is 5. The molecular weight excluding hydrogens is 837 g/mol. The number of alkyl carbamates (subject to hydrolysis) is 1. The van der Waals surface area contributed by atoms with Crippen LogP contribution in [0, 0.1) is 0 Å². The van der Waals surface area contributed by atoms with Crippen molar-refractivity contribution in [1.29, 1.82) is 0 Å². The van der Waals surface area contributed by atoms with Crippen LogP contribution in [0.1, 0.15) is 247 Å². The topological polar surface area (TPSA) is 147 Å². The lowest BCUT2D eigenvalue weighted by atomic mass is 10.0. The van der Waals surface area contributed by atoms with Gasteiger partial charge in [0.05, 0.1) is 0 Å². The summed E-state index contributed by atoms with van der Waals surface area (Å²) in [6.45, 7) is 14.9. The van der Waals surface area contributed by atoms with Gasteiger partial charge in [0, 0.05) is 38.8 Å². The van der Waals surface area contributed by atoms with Crippen molar-refractivity contribution in [3.63, 3.8) is 0 Å². The molecule has 1 amide bonds. The van der Waals surface area contributed by atoms with Crippen molar-refractivity contribution in [1.82, 2.24) is 10.2 Å². The first-order valence-corrected chi connectivity index (χ1v) is 27.1. The quantitative estimate of drug-likeness (QED) is 0.0269. The van der Waals surface area contributed by atoms with E-state index in [0.29, 0.717) is 13.1 Å². The van der Waals surface area contributed by atoms with Crippen molar-refractivity contribution in [3.8, 4) is 0 Å². The molecule has 12 heteroatoms. The molecule has 0 aliphatic heterocycles. The summed E-state index contributed by atoms with van der Waals surface area (Å²) in [6, 6.07) is 0. The fourth-order valence-electron chi connectivity index (χ4n) is 7.83. The predicted molar refractivity (Wildman–Crippen MR) is 267 cm³/mol. The van der Waals surface area contributed by atoms with Crippen molar-refractivity contribution >= 4 is 30.0 Å². The Balaban J connectivity index is 5.11. The van der Waals surface area contributed by atoms with E-state index in [1.165, 1.54) is 77.0 Å². The highest BCUT2D eigenvalue weighted by molar-refractivity contribution is 5.73. The van der Waals surface area contributed by atoms with Crippen LogP contribution in [0.2, 0.25) is 0 Å². The molecule has 12 nitrogen and oxygen atoms in total. The summed E-state index contributed by atoms with van der Waals surface area (Å²) in [5.74, 6) is -1.72. The second kappa shape index (κ2) is 46.9. The van der Waals surface area contributed by atoms with Gasteiger partial charge in [0.25, 0.3) is 0 Å². The van der Waals surface area contributed by atoms with E-state index in [2.05, 4.69) is 50.1 Å². The Morgan fingerprint density at radius 1 is 0.439 bits per heavy atom. The molecule has 0 aromatic rings. The van der Waals surface area contributed by atoms with Crippen LogP contribution in [0.3, 0.4) is 0 Å². The van der Waals surface area contributed by atoms with Gasteiger partial charge >= 0.3 is 30.0 Å². The van der Waals surface area contributed by atoms with E-state index in [4.69, 9.17) is 23.7 Å². The Kier molecular flexibility index (Phi) is 44.7. The Bertz CT molecular complexity index is 1190. The normalized spacial score (nSPS) is 12.4. The fraction of sp³-hybridized carbons (Fsp3) is 0.870. The van der Waals surface area contributed by atoms with E-state index >= 15 is 0 Å². The Hall–Kier alpha value is -3.15. The van der Waals surface area contributed by atoms with Crippen molar-refractivity contribution < 1.29 is 47.7 Å². The average Bonchev–Trinajstić information content (AvgIpc) is 3.30. The van der Waals surface area contributed by atoms with E-state index < -0.39 is 24.1 Å². The van der Waals surface area contributed by atoms with E-state index in [0.717, 1.165) is 103 Å². The van der Waals surface area contributed by atoms with Crippen LogP contribution in [0.15, 0.2) is 12.2 Å². The van der Waals surface area contributed by atoms with E-state index in [-0.39, 0.29) is 75.9 Å². The zero-order valence-electron chi connectivity index (χ0n) is 43.3. The van der Waals surface area contributed by atoms with Gasteiger partial charge in [-0.25, -0.2) is 4.79 Å². The Labute approximate surface area is 403 Å². The lowest BCUT2D eigenvalue weighted by molar-refractivity contribution is -0.152. The SMILES string of the molecule is CC/C=C/CCCCC(CCCCCCCC)OC(=O)CCCC(=O)OCC(COC(=O)CCCC(=O)OC(CCCCCCCC)CCCCCCCC)OC(=O)NCCN(CC)CC. The van der Waals surface area contributed by atoms with Gasteiger partial charge in [-0.1, -0.05) is 150 Å². The summed E-state index contributed by atoms with van der Waals surface area (Å²) < 4.78 is 28.3. The maximum absolute atomic E-state index is 12.9. The molecule has 0 bridgehead atoms. The summed E-state index contributed by atoms with van der Waals surface area (Å²) in [5, 5.41) is 2.72. The average molecular weight is 937 g/mol. The predicted octanol–water partition coefficient (Wildman–Crippen LogP) is 13.5. The number of esters is 4. The van der Waals surface area contributed by atoms with Crippen LogP contribution >= 0.6 is 0 Å². The zero-order valence-corrected chi connectivity index (χ0v) is 43.3. The maximum Gasteiger partial charge on any atom is 0.407 e. The van der Waals surface area contributed by atoms with Gasteiger partial charge in [-0.2, -0.15) is 0 Å². The van der Waals surface area contributed by atoms with Crippen LogP contribution in [-0.4, -0.2) is 92.6 Å². The van der Waals surface area contributed by atoms with Crippen LogP contribution in [0.25, 0.3) is 0 Å². The first kappa shape index (κ1) is 62.8. The Morgan fingerprint density at radius 3 is 1.24 bits per heavy atom. The number of nitrogens with one attached hydrogen (secondary N) is 1. The third-order valence-electron chi connectivity index (χ3n) is 12.0. The third-order valence-corrected chi connectivity index (χ3v) is 12.0. The molecule has 0 saturated carbocycles. The standard InChI is InChI=1S/C54H100N2O10/c1-7-13-17-21-25-29-35-47(36-30-26-22-18-14-8-2)64-52(59)41-33-39-50(57)62-45-49(66-54(61)55-43-44-56(11-5)12-6)46-63-51(58)40-34-42-53(60)65-48(37-31-27-23-19-15-9-3)38-32-28-24-20-16-10-4/h13,17,47-49H,7-12,14-16,18-46H2,1-6H3,(H,55,61)/b17-13+. The number of carbonyl (C=O) groups excluding carboxylic acids is 5. The van der Waals surface area contributed by atoms with Crippen molar-refractivity contribution in [2.75, 3.05) is 39.4 Å². The molecule has 66 heavy (non-hydrogen) atoms. The van der Waals surface area contributed by atoms with E-state index in [9.17, 15) is 24.0 Å². The fourth-order valence-corrected chi connectivity index (χ4v) is 7.83. The number of rotatable bonds is 47. The monoisotopic (exact) mass is 937 g/mol. The molecule has 2 unspecified atom stereocenters. The molecule has 1 N–H and O–H groups in total. The third kappa shape index (κ3) is 41.1. The minimum absolute atomic E-state index is 0.0105. The van der Waals surface area contributed by atoms with Crippen LogP contribution in [0.5, 0.6) is 0 Å². The van der Waals surface area contributed by atoms with E-state index in [1.54, 1.807) is 0 Å².